The molecular weight excluding hydrogens is 1850 g/mol. The average molecular weight is 2020 g/mol. The molecule has 796 valence electrons. The molecule has 4 heterocycles. The highest BCUT2D eigenvalue weighted by molar-refractivity contribution is 7.09. The lowest BCUT2D eigenvalue weighted by atomic mass is 9.83. The number of benzene rings is 4. The number of thiazole rings is 2. The van der Waals surface area contributed by atoms with Crippen molar-refractivity contribution in [2.24, 2.45) is 59.0 Å². The predicted octanol–water partition coefficient (Wildman–Crippen LogP) is 17.9. The van der Waals surface area contributed by atoms with Gasteiger partial charge in [-0.3, -0.25) is 58.0 Å². The molecule has 2 aliphatic heterocycles. The smallest absolute Gasteiger partial charge is 0.414 e. The number of carbonyl (C=O) groups is 10. The minimum Gasteiger partial charge on any atom is -0.443 e. The van der Waals surface area contributed by atoms with Crippen LogP contribution in [0.15, 0.2) is 132 Å². The highest BCUT2D eigenvalue weighted by Crippen LogP contribution is 2.36. The van der Waals surface area contributed by atoms with E-state index in [1.165, 1.54) is 38.0 Å². The van der Waals surface area contributed by atoms with Crippen molar-refractivity contribution in [3.63, 3.8) is 0 Å². The second kappa shape index (κ2) is 58.8. The number of likely N-dealkylation sites (N-methyl/N-ethyl adjacent to an activating group) is 4. The van der Waals surface area contributed by atoms with Crippen molar-refractivity contribution in [1.29, 1.82) is 0 Å². The molecule has 2 saturated heterocycles. The third kappa shape index (κ3) is 36.6. The van der Waals surface area contributed by atoms with Gasteiger partial charge < -0.3 is 64.4 Å². The fourth-order valence-electron chi connectivity index (χ4n) is 19.8. The Morgan fingerprint density at radius 3 is 1.14 bits per heavy atom. The van der Waals surface area contributed by atoms with Crippen LogP contribution in [-0.2, 0) is 92.5 Å². The Morgan fingerprint density at radius 1 is 0.469 bits per heavy atom. The van der Waals surface area contributed by atoms with Crippen molar-refractivity contribution < 1.29 is 76.4 Å². The zero-order chi connectivity index (χ0) is 107. The minimum atomic E-state index is -0.634. The molecule has 2 aromatic heterocycles. The van der Waals surface area contributed by atoms with Gasteiger partial charge >= 0.3 is 12.2 Å². The summed E-state index contributed by atoms with van der Waals surface area (Å²) in [5.74, 6) is -2.06. The summed E-state index contributed by atoms with van der Waals surface area (Å²) >= 11 is 3.02. The second-order valence-electron chi connectivity index (χ2n) is 42.6. The number of nitrogens with one attached hydrogen (secondary N) is 2. The van der Waals surface area contributed by atoms with Crippen LogP contribution in [0.1, 0.15) is 248 Å². The highest BCUT2D eigenvalue weighted by Gasteiger charge is 2.47. The Morgan fingerprint density at radius 2 is 0.832 bits per heavy atom. The highest BCUT2D eigenvalue weighted by atomic mass is 32.1. The first-order valence-corrected chi connectivity index (χ1v) is 53.2. The summed E-state index contributed by atoms with van der Waals surface area (Å²) in [6.07, 6.45) is 8.02. The van der Waals surface area contributed by atoms with Gasteiger partial charge in [-0.1, -0.05) is 195 Å². The first kappa shape index (κ1) is 122. The van der Waals surface area contributed by atoms with Crippen molar-refractivity contribution >= 4 is 93.2 Å². The van der Waals surface area contributed by atoms with Crippen LogP contribution >= 0.6 is 22.7 Å². The summed E-state index contributed by atoms with van der Waals surface area (Å²) in [4.78, 5) is 159. The Bertz CT molecular complexity index is 4850. The largest absolute Gasteiger partial charge is 0.443 e. The van der Waals surface area contributed by atoms with Crippen LogP contribution in [0.2, 0.25) is 0 Å². The standard InChI is InChI=1S/C56H86N6O8S.C35H55N5O5S.C21H34N2O3/c1-16-38(6)50(47(68-14)35-48(64)62-30-20-23-45(62)51(69-15)39(7)52(65)58-44(53-57-29-32-71-53)33-41-21-18-17-19-22-41)61(13)54(66)43(36(2)3)34-46(63)49(37(4)5)59(11)31-28-40-24-26-42(27-25-40)60(12)55(67)70-56(8,9)10;1-9-23(4)31(39(6)35(43)30(36)22(2)3)28(44-7)21-29(41)40-18-13-16-27(40)32(45-8)24(5)33(42)38-26(34-37-17-19-46-34)20-25-14-11-10-12-15-25;1-15(2)19(16(3)24)22(7)14-13-17-9-11-18(12-10-17)23(8)20(25)26-21(4,5)6/h17-19,21-22,24-27,29,32,36-39,43-45,47,49-51H,16,20,23,28,30-31,33-35H2,1-15H3,(H,58,65);10-12,14-15,17,19,22-24,26-28,30-32H,9,13,16,18,20-21,36H2,1-8H3,(H,38,42);9-12,15,19H,13-14H2,1-8H3/t38-,39+,43-,44-,45-,47+,49-,50-,51+;23-,24+,26-,27-,28+,30-,31-,32+;19-/m000/s1. The van der Waals surface area contributed by atoms with Crippen molar-refractivity contribution in [3.8, 4) is 0 Å². The van der Waals surface area contributed by atoms with Gasteiger partial charge in [0.25, 0.3) is 0 Å². The number of rotatable bonds is 50. The number of nitrogens with zero attached hydrogens (tertiary/aromatic N) is 10. The van der Waals surface area contributed by atoms with Gasteiger partial charge in [-0.2, -0.15) is 0 Å². The molecule has 6 aromatic rings. The number of likely N-dealkylation sites (tertiary alicyclic amines) is 2. The fraction of sp³-hybridized carbons (Fsp3) is 0.643. The average Bonchev–Trinajstić information content (AvgIpc) is 1.76. The molecule has 29 nitrogen and oxygen atoms in total. The normalized spacial score (nSPS) is 17.4. The quantitative estimate of drug-likeness (QED) is 0.0319. The first-order valence-electron chi connectivity index (χ1n) is 51.4. The molecule has 4 aromatic carbocycles. The van der Waals surface area contributed by atoms with Gasteiger partial charge in [-0.15, -0.1) is 22.7 Å². The molecule has 0 unspecified atom stereocenters. The van der Waals surface area contributed by atoms with E-state index in [1.54, 1.807) is 85.7 Å². The number of ketones is 2. The zero-order valence-electron chi connectivity index (χ0n) is 91.8. The summed E-state index contributed by atoms with van der Waals surface area (Å²) in [5, 5.41) is 12.0. The summed E-state index contributed by atoms with van der Waals surface area (Å²) in [5.41, 5.74) is 11.1. The molecule has 0 aliphatic carbocycles. The van der Waals surface area contributed by atoms with Crippen LogP contribution in [0.3, 0.4) is 0 Å². The monoisotopic (exact) mass is 2020 g/mol. The molecule has 8 rings (SSSR count). The maximum Gasteiger partial charge on any atom is 0.414 e. The molecule has 0 radical (unpaired) electrons. The van der Waals surface area contributed by atoms with Crippen LogP contribution in [0.25, 0.3) is 0 Å². The van der Waals surface area contributed by atoms with Crippen LogP contribution < -0.4 is 26.2 Å². The molecule has 2 fully saturated rings. The molecular formula is C112H175N13O16S2. The Labute approximate surface area is 863 Å². The summed E-state index contributed by atoms with van der Waals surface area (Å²) in [7, 11) is 17.3. The van der Waals surface area contributed by atoms with Gasteiger partial charge in [-0.05, 0) is 196 Å². The number of carbonyl (C=O) groups excluding carboxylic acids is 10. The topological polar surface area (TPSA) is 328 Å². The maximum absolute atomic E-state index is 14.8. The van der Waals surface area contributed by atoms with Gasteiger partial charge in [0, 0.05) is 130 Å². The van der Waals surface area contributed by atoms with E-state index >= 15 is 0 Å². The molecule has 0 spiro atoms. The number of hydrogen-bond donors (Lipinski definition) is 3. The SMILES string of the molecule is CC(=O)[C@H](C(C)C)N(C)CCc1ccc(N(C)C(=O)OC(C)(C)C)cc1.CC[C@H](C)[C@@H]([C@@H](CC(=O)N1CCC[C@H]1[C@H](OC)[C@@H](C)C(=O)N[C@@H](Cc1ccccc1)c1nccs1)OC)N(C)C(=O)[C@@H](CC(=O)[C@H](C(C)C)N(C)CCc1ccc(N(C)C(=O)OC(C)(C)C)cc1)C(C)C.CC[C@H](C)[C@@H]([C@@H](CC(=O)N1CCC[C@H]1[C@H](OC)[C@@H](C)C(=O)N[C@@H](Cc1ccccc1)c1nccs1)OC)N(C)C(=O)[C@@H](N)C(C)C. The maximum atomic E-state index is 14.8. The van der Waals surface area contributed by atoms with E-state index in [4.69, 9.17) is 34.2 Å². The van der Waals surface area contributed by atoms with Gasteiger partial charge in [0.2, 0.25) is 35.4 Å². The number of amides is 8. The molecule has 2 aliphatic rings. The lowest BCUT2D eigenvalue weighted by Gasteiger charge is -2.41. The van der Waals surface area contributed by atoms with Crippen LogP contribution in [0.5, 0.6) is 0 Å². The van der Waals surface area contributed by atoms with E-state index in [0.29, 0.717) is 51.2 Å². The number of aromatic nitrogens is 2. The van der Waals surface area contributed by atoms with E-state index < -0.39 is 77.6 Å². The zero-order valence-corrected chi connectivity index (χ0v) is 93.5. The lowest BCUT2D eigenvalue weighted by molar-refractivity contribution is -0.149. The Kier molecular flexibility index (Phi) is 50.3. The van der Waals surface area contributed by atoms with Crippen molar-refractivity contribution in [3.05, 3.63) is 165 Å². The van der Waals surface area contributed by atoms with Gasteiger partial charge in [-0.25, -0.2) is 19.6 Å². The van der Waals surface area contributed by atoms with Gasteiger partial charge in [0.05, 0.1) is 103 Å². The third-order valence-corrected chi connectivity index (χ3v) is 30.0. The minimum absolute atomic E-state index is 0.000633. The van der Waals surface area contributed by atoms with E-state index in [1.807, 2.05) is 241 Å². The molecule has 0 bridgehead atoms. The molecule has 4 N–H and O–H groups in total. The van der Waals surface area contributed by atoms with Crippen molar-refractivity contribution in [2.45, 2.75) is 319 Å². The first-order chi connectivity index (χ1) is 67.4. The van der Waals surface area contributed by atoms with Crippen LogP contribution in [0.4, 0.5) is 21.0 Å². The number of anilines is 2. The molecule has 8 amide bonds. The van der Waals surface area contributed by atoms with Crippen molar-refractivity contribution in [1.82, 2.24) is 50.0 Å². The number of methoxy groups -OCH3 is 4. The Balaban J connectivity index is 0.000000369. The van der Waals surface area contributed by atoms with Crippen LogP contribution in [-0.4, -0.2) is 273 Å². The third-order valence-electron chi connectivity index (χ3n) is 28.2. The molecule has 143 heavy (non-hydrogen) atoms. The van der Waals surface area contributed by atoms with Gasteiger partial charge in [0.1, 0.15) is 27.0 Å². The summed E-state index contributed by atoms with van der Waals surface area (Å²) in [6.45, 7) is 43.3. The van der Waals surface area contributed by atoms with Crippen LogP contribution in [0, 0.1) is 53.3 Å². The molecule has 18 atom stereocenters. The molecule has 0 saturated carbocycles. The van der Waals surface area contributed by atoms with E-state index in [9.17, 15) is 47.9 Å². The number of Topliss-reactive ketones (excluding diaryl/α,β-unsaturated/α-hetero) is 2. The van der Waals surface area contributed by atoms with E-state index in [2.05, 4.69) is 71.9 Å². The lowest BCUT2D eigenvalue weighted by Crippen LogP contribution is -2.56. The molecule has 31 heteroatoms. The number of ether oxygens (including phenoxy) is 6. The predicted molar refractivity (Wildman–Crippen MR) is 572 cm³/mol. The van der Waals surface area contributed by atoms with Crippen molar-refractivity contribution in [2.75, 3.05) is 107 Å². The summed E-state index contributed by atoms with van der Waals surface area (Å²) in [6, 6.07) is 32.6. The number of hydrogen-bond acceptors (Lipinski definition) is 23. The fourth-order valence-corrected chi connectivity index (χ4v) is 21.2. The van der Waals surface area contributed by atoms with E-state index in [-0.39, 0.29) is 138 Å². The second-order valence-corrected chi connectivity index (χ2v) is 44.4. The number of nitrogens with two attached hydrogens (primary N) is 1. The Hall–Kier alpha value is -9.44. The van der Waals surface area contributed by atoms with E-state index in [0.717, 1.165) is 83.2 Å². The summed E-state index contributed by atoms with van der Waals surface area (Å²) < 4.78 is 35.1. The van der Waals surface area contributed by atoms with Gasteiger partial charge in [0.15, 0.2) is 5.78 Å².